The Morgan fingerprint density at radius 1 is 1.16 bits per heavy atom. The zero-order valence-electron chi connectivity index (χ0n) is 12.3. The first kappa shape index (κ1) is 13.4. The molecule has 19 heavy (non-hydrogen) atoms. The molecule has 108 valence electrons. The van der Waals surface area contributed by atoms with Gasteiger partial charge in [0.2, 0.25) is 5.91 Å². The van der Waals surface area contributed by atoms with Crippen LogP contribution in [0.4, 0.5) is 0 Å². The minimum Gasteiger partial charge on any atom is -0.343 e. The van der Waals surface area contributed by atoms with E-state index in [0.29, 0.717) is 11.9 Å². The molecule has 1 heterocycles. The van der Waals surface area contributed by atoms with Crippen molar-refractivity contribution < 1.29 is 4.79 Å². The Balaban J connectivity index is 1.47. The molecule has 2 saturated carbocycles. The van der Waals surface area contributed by atoms with Gasteiger partial charge in [-0.1, -0.05) is 0 Å². The van der Waals surface area contributed by atoms with Gasteiger partial charge in [0.15, 0.2) is 0 Å². The van der Waals surface area contributed by atoms with E-state index < -0.39 is 0 Å². The summed E-state index contributed by atoms with van der Waals surface area (Å²) >= 11 is 0. The first-order valence-electron chi connectivity index (χ1n) is 8.29. The van der Waals surface area contributed by atoms with E-state index in [9.17, 15) is 4.79 Å². The molecule has 0 aromatic carbocycles. The van der Waals surface area contributed by atoms with Crippen molar-refractivity contribution in [1.82, 2.24) is 9.80 Å². The van der Waals surface area contributed by atoms with Gasteiger partial charge in [-0.15, -0.1) is 0 Å². The third-order valence-corrected chi connectivity index (χ3v) is 5.14. The lowest BCUT2D eigenvalue weighted by molar-refractivity contribution is -0.132. The van der Waals surface area contributed by atoms with E-state index in [4.69, 9.17) is 0 Å². The smallest absolute Gasteiger partial charge is 0.223 e. The van der Waals surface area contributed by atoms with Crippen LogP contribution in [0.5, 0.6) is 0 Å². The van der Waals surface area contributed by atoms with Gasteiger partial charge < -0.3 is 4.90 Å². The second kappa shape index (κ2) is 5.82. The van der Waals surface area contributed by atoms with Crippen LogP contribution in [-0.2, 0) is 4.79 Å². The average molecular weight is 264 g/mol. The molecule has 2 aliphatic carbocycles. The molecule has 0 spiro atoms. The van der Waals surface area contributed by atoms with Gasteiger partial charge >= 0.3 is 0 Å². The number of likely N-dealkylation sites (tertiary alicyclic amines) is 1. The molecule has 0 aromatic heterocycles. The monoisotopic (exact) mass is 264 g/mol. The lowest BCUT2D eigenvalue weighted by atomic mass is 10.1. The molecule has 0 aromatic rings. The lowest BCUT2D eigenvalue weighted by Crippen LogP contribution is -2.41. The first-order chi connectivity index (χ1) is 9.25. The van der Waals surface area contributed by atoms with E-state index in [1.807, 2.05) is 0 Å². The minimum atomic E-state index is 0.397. The molecule has 3 aliphatic rings. The standard InChI is InChI=1S/C16H28N2O/c1-13(14-5-6-14)18(15-7-8-15)12-9-16(19)17-10-3-2-4-11-17/h13-15H,2-12H2,1H3. The Labute approximate surface area is 117 Å². The summed E-state index contributed by atoms with van der Waals surface area (Å²) in [7, 11) is 0. The topological polar surface area (TPSA) is 23.6 Å². The Morgan fingerprint density at radius 3 is 2.42 bits per heavy atom. The van der Waals surface area contributed by atoms with Crippen molar-refractivity contribution in [3.05, 3.63) is 0 Å². The Kier molecular flexibility index (Phi) is 4.11. The highest BCUT2D eigenvalue weighted by Gasteiger charge is 2.39. The molecule has 3 rings (SSSR count). The van der Waals surface area contributed by atoms with E-state index in [1.54, 1.807) is 0 Å². The molecule has 1 atom stereocenters. The van der Waals surface area contributed by atoms with Crippen molar-refractivity contribution in [3.63, 3.8) is 0 Å². The van der Waals surface area contributed by atoms with Crippen molar-refractivity contribution in [1.29, 1.82) is 0 Å². The molecule has 0 N–H and O–H groups in total. The summed E-state index contributed by atoms with van der Waals surface area (Å²) < 4.78 is 0. The normalized spacial score (nSPS) is 25.7. The van der Waals surface area contributed by atoms with Crippen LogP contribution in [0.15, 0.2) is 0 Å². The van der Waals surface area contributed by atoms with Crippen molar-refractivity contribution in [2.75, 3.05) is 19.6 Å². The summed E-state index contributed by atoms with van der Waals surface area (Å²) in [5, 5.41) is 0. The Hall–Kier alpha value is -0.570. The Morgan fingerprint density at radius 2 is 1.84 bits per heavy atom. The SMILES string of the molecule is CC(C1CC1)N(CCC(=O)N1CCCCC1)C1CC1. The van der Waals surface area contributed by atoms with Gasteiger partial charge in [0.1, 0.15) is 0 Å². The van der Waals surface area contributed by atoms with Gasteiger partial charge in [-0.3, -0.25) is 9.69 Å². The maximum Gasteiger partial charge on any atom is 0.223 e. The largest absolute Gasteiger partial charge is 0.343 e. The van der Waals surface area contributed by atoms with Crippen LogP contribution in [0.2, 0.25) is 0 Å². The van der Waals surface area contributed by atoms with Crippen LogP contribution >= 0.6 is 0 Å². The molecule has 1 saturated heterocycles. The first-order valence-corrected chi connectivity index (χ1v) is 8.29. The number of rotatable bonds is 6. The van der Waals surface area contributed by atoms with Crippen LogP contribution in [-0.4, -0.2) is 47.4 Å². The maximum atomic E-state index is 12.3. The number of nitrogens with zero attached hydrogens (tertiary/aromatic N) is 2. The van der Waals surface area contributed by atoms with Crippen LogP contribution in [0, 0.1) is 5.92 Å². The number of carbonyl (C=O) groups excluding carboxylic acids is 1. The van der Waals surface area contributed by atoms with Gasteiger partial charge in [-0.25, -0.2) is 0 Å². The van der Waals surface area contributed by atoms with Crippen LogP contribution in [0.3, 0.4) is 0 Å². The molecule has 3 nitrogen and oxygen atoms in total. The van der Waals surface area contributed by atoms with E-state index in [0.717, 1.165) is 38.0 Å². The predicted molar refractivity (Wildman–Crippen MR) is 77.0 cm³/mol. The zero-order chi connectivity index (χ0) is 13.2. The predicted octanol–water partition coefficient (Wildman–Crippen LogP) is 2.65. The van der Waals surface area contributed by atoms with Gasteiger partial charge in [-0.05, 0) is 57.8 Å². The average Bonchev–Trinajstić information content (AvgIpc) is 3.30. The van der Waals surface area contributed by atoms with E-state index in [1.165, 1.54) is 44.9 Å². The number of piperidine rings is 1. The van der Waals surface area contributed by atoms with Gasteiger partial charge in [0, 0.05) is 38.1 Å². The molecular formula is C16H28N2O. The molecule has 3 heteroatoms. The number of carbonyl (C=O) groups is 1. The van der Waals surface area contributed by atoms with Crippen molar-refractivity contribution in [2.24, 2.45) is 5.92 Å². The van der Waals surface area contributed by atoms with E-state index >= 15 is 0 Å². The molecule has 0 bridgehead atoms. The highest BCUT2D eigenvalue weighted by Crippen LogP contribution is 2.39. The number of hydrogen-bond acceptors (Lipinski definition) is 2. The zero-order valence-corrected chi connectivity index (χ0v) is 12.3. The van der Waals surface area contributed by atoms with Crippen molar-refractivity contribution in [3.8, 4) is 0 Å². The fraction of sp³-hybridized carbons (Fsp3) is 0.938. The second-order valence-corrected chi connectivity index (χ2v) is 6.74. The molecule has 1 unspecified atom stereocenters. The van der Waals surface area contributed by atoms with Gasteiger partial charge in [0.05, 0.1) is 0 Å². The highest BCUT2D eigenvalue weighted by atomic mass is 16.2. The number of amides is 1. The minimum absolute atomic E-state index is 0.397. The summed E-state index contributed by atoms with van der Waals surface area (Å²) in [6.07, 6.45) is 9.98. The fourth-order valence-corrected chi connectivity index (χ4v) is 3.50. The molecule has 1 aliphatic heterocycles. The van der Waals surface area contributed by atoms with Crippen LogP contribution in [0.25, 0.3) is 0 Å². The summed E-state index contributed by atoms with van der Waals surface area (Å²) in [5.41, 5.74) is 0. The second-order valence-electron chi connectivity index (χ2n) is 6.74. The van der Waals surface area contributed by atoms with E-state index in [-0.39, 0.29) is 0 Å². The van der Waals surface area contributed by atoms with Gasteiger partial charge in [0.25, 0.3) is 0 Å². The summed E-state index contributed by atoms with van der Waals surface area (Å²) in [6.45, 7) is 5.37. The quantitative estimate of drug-likeness (QED) is 0.736. The van der Waals surface area contributed by atoms with Crippen molar-refractivity contribution >= 4 is 5.91 Å². The molecular weight excluding hydrogens is 236 g/mol. The summed E-state index contributed by atoms with van der Waals surface area (Å²) in [6, 6.07) is 1.51. The van der Waals surface area contributed by atoms with E-state index in [2.05, 4.69) is 16.7 Å². The maximum absolute atomic E-state index is 12.3. The van der Waals surface area contributed by atoms with Crippen LogP contribution in [0.1, 0.15) is 58.3 Å². The molecule has 3 fully saturated rings. The van der Waals surface area contributed by atoms with Crippen molar-refractivity contribution in [2.45, 2.75) is 70.4 Å². The summed E-state index contributed by atoms with van der Waals surface area (Å²) in [4.78, 5) is 17.0. The number of hydrogen-bond donors (Lipinski definition) is 0. The van der Waals surface area contributed by atoms with Crippen LogP contribution < -0.4 is 0 Å². The third kappa shape index (κ3) is 3.50. The lowest BCUT2D eigenvalue weighted by Gasteiger charge is -2.31. The Bertz CT molecular complexity index is 317. The summed E-state index contributed by atoms with van der Waals surface area (Å²) in [5.74, 6) is 1.32. The molecule has 0 radical (unpaired) electrons. The third-order valence-electron chi connectivity index (χ3n) is 5.14. The fourth-order valence-electron chi connectivity index (χ4n) is 3.50. The molecule has 1 amide bonds. The highest BCUT2D eigenvalue weighted by molar-refractivity contribution is 5.76. The van der Waals surface area contributed by atoms with Gasteiger partial charge in [-0.2, -0.15) is 0 Å².